The first-order valence-corrected chi connectivity index (χ1v) is 12.0. The van der Waals surface area contributed by atoms with E-state index < -0.39 is 8.07 Å². The van der Waals surface area contributed by atoms with Gasteiger partial charge in [0.1, 0.15) is 25.1 Å². The molecular formula is C15H20BrN5OSi. The van der Waals surface area contributed by atoms with Crippen LogP contribution in [0.1, 0.15) is 0 Å². The van der Waals surface area contributed by atoms with Crippen LogP contribution in [0.5, 0.6) is 0 Å². The highest BCUT2D eigenvalue weighted by Gasteiger charge is 2.15. The highest BCUT2D eigenvalue weighted by Crippen LogP contribution is 2.23. The maximum absolute atomic E-state index is 5.80. The maximum Gasteiger partial charge on any atom is 0.186 e. The molecule has 3 aromatic heterocycles. The predicted octanol–water partition coefficient (Wildman–Crippen LogP) is 3.67. The van der Waals surface area contributed by atoms with Gasteiger partial charge in [0.25, 0.3) is 0 Å². The molecule has 0 atom stereocenters. The minimum atomic E-state index is -1.07. The average molecular weight is 394 g/mol. The van der Waals surface area contributed by atoms with Crippen LogP contribution < -0.4 is 0 Å². The summed E-state index contributed by atoms with van der Waals surface area (Å²) in [6, 6.07) is 5.15. The Hall–Kier alpha value is -1.51. The Morgan fingerprint density at radius 3 is 2.83 bits per heavy atom. The zero-order valence-electron chi connectivity index (χ0n) is 13.5. The Morgan fingerprint density at radius 2 is 2.04 bits per heavy atom. The number of imidazole rings is 1. The lowest BCUT2D eigenvalue weighted by molar-refractivity contribution is 0.0880. The van der Waals surface area contributed by atoms with E-state index in [4.69, 9.17) is 4.74 Å². The van der Waals surface area contributed by atoms with Crippen LogP contribution in [0.3, 0.4) is 0 Å². The number of rotatable bonds is 6. The highest BCUT2D eigenvalue weighted by molar-refractivity contribution is 9.10. The fourth-order valence-corrected chi connectivity index (χ4v) is 3.33. The first-order valence-electron chi connectivity index (χ1n) is 7.52. The number of aromatic nitrogens is 5. The van der Waals surface area contributed by atoms with Crippen molar-refractivity contribution in [1.29, 1.82) is 0 Å². The molecule has 0 spiro atoms. The molecule has 0 bridgehead atoms. The molecule has 3 rings (SSSR count). The Balaban J connectivity index is 1.77. The first kappa shape index (κ1) is 16.3. The number of pyridine rings is 1. The Bertz CT molecular complexity index is 808. The number of fused-ring (bicyclic) bond motifs is 1. The first-order chi connectivity index (χ1) is 10.9. The summed E-state index contributed by atoms with van der Waals surface area (Å²) < 4.78 is 10.7. The minimum Gasteiger partial charge on any atom is -0.361 e. The van der Waals surface area contributed by atoms with E-state index in [0.29, 0.717) is 6.73 Å². The third-order valence-corrected chi connectivity index (χ3v) is 5.72. The summed E-state index contributed by atoms with van der Waals surface area (Å²) in [5, 5.41) is 8.23. The van der Waals surface area contributed by atoms with Gasteiger partial charge in [-0.1, -0.05) is 19.6 Å². The van der Waals surface area contributed by atoms with Gasteiger partial charge >= 0.3 is 0 Å². The normalized spacial score (nSPS) is 12.2. The number of hydrogen-bond donors (Lipinski definition) is 0. The van der Waals surface area contributed by atoms with E-state index in [9.17, 15) is 0 Å². The van der Waals surface area contributed by atoms with Gasteiger partial charge in [-0.2, -0.15) is 0 Å². The second-order valence-electron chi connectivity index (χ2n) is 6.71. The summed E-state index contributed by atoms with van der Waals surface area (Å²) >= 11 is 3.46. The van der Waals surface area contributed by atoms with Crippen molar-refractivity contribution >= 4 is 29.5 Å². The lowest BCUT2D eigenvalue weighted by Crippen LogP contribution is -2.22. The second kappa shape index (κ2) is 6.54. The molecule has 0 fully saturated rings. The molecule has 0 unspecified atom stereocenters. The van der Waals surface area contributed by atoms with E-state index in [-0.39, 0.29) is 0 Å². The molecule has 0 saturated carbocycles. The number of halogens is 1. The third-order valence-electron chi connectivity index (χ3n) is 3.55. The van der Waals surface area contributed by atoms with E-state index >= 15 is 0 Å². The van der Waals surface area contributed by atoms with Crippen LogP contribution in [-0.4, -0.2) is 38.8 Å². The molecule has 6 nitrogen and oxygen atoms in total. The lowest BCUT2D eigenvalue weighted by atomic mass is 10.3. The summed E-state index contributed by atoms with van der Waals surface area (Å²) in [5.41, 5.74) is 1.80. The van der Waals surface area contributed by atoms with Gasteiger partial charge in [0, 0.05) is 25.4 Å². The molecule has 3 aromatic rings. The van der Waals surface area contributed by atoms with E-state index in [1.807, 2.05) is 27.3 Å². The van der Waals surface area contributed by atoms with Crippen LogP contribution in [0.2, 0.25) is 25.7 Å². The predicted molar refractivity (Wildman–Crippen MR) is 96.0 cm³/mol. The summed E-state index contributed by atoms with van der Waals surface area (Å²) in [6.45, 7) is 8.24. The van der Waals surface area contributed by atoms with Gasteiger partial charge < -0.3 is 9.14 Å². The van der Waals surface area contributed by atoms with Crippen LogP contribution in [-0.2, 0) is 11.5 Å². The van der Waals surface area contributed by atoms with Crippen molar-refractivity contribution < 1.29 is 4.74 Å². The van der Waals surface area contributed by atoms with Gasteiger partial charge in [0.15, 0.2) is 5.82 Å². The van der Waals surface area contributed by atoms with Gasteiger partial charge in [-0.05, 0) is 34.1 Å². The van der Waals surface area contributed by atoms with Crippen molar-refractivity contribution in [1.82, 2.24) is 24.1 Å². The van der Waals surface area contributed by atoms with Crippen LogP contribution >= 0.6 is 15.9 Å². The second-order valence-corrected chi connectivity index (χ2v) is 13.2. The molecule has 0 amide bonds. The monoisotopic (exact) mass is 393 g/mol. The van der Waals surface area contributed by atoms with Gasteiger partial charge in [-0.25, -0.2) is 4.98 Å². The van der Waals surface area contributed by atoms with E-state index in [2.05, 4.69) is 50.8 Å². The van der Waals surface area contributed by atoms with Crippen molar-refractivity contribution in [3.63, 3.8) is 0 Å². The third kappa shape index (κ3) is 3.88. The molecule has 0 aliphatic rings. The fraction of sp³-hybridized carbons (Fsp3) is 0.400. The fourth-order valence-electron chi connectivity index (χ4n) is 2.22. The highest BCUT2D eigenvalue weighted by atomic mass is 79.9. The molecule has 122 valence electrons. The van der Waals surface area contributed by atoms with Gasteiger partial charge in [-0.3, -0.25) is 4.57 Å². The van der Waals surface area contributed by atoms with Crippen molar-refractivity contribution in [3.8, 4) is 11.5 Å². The quantitative estimate of drug-likeness (QED) is 0.473. The SMILES string of the molecule is C[Si](C)(C)CCOCn1cnnc1-c1ncn2cc(Br)ccc12. The molecule has 3 heterocycles. The Kier molecular flexibility index (Phi) is 4.65. The van der Waals surface area contributed by atoms with Crippen LogP contribution in [0.15, 0.2) is 35.5 Å². The standard InChI is InChI=1S/C15H20BrN5OSi/c1-23(2,3)7-6-22-11-21-10-18-19-15(21)14-13-5-4-12(16)8-20(13)9-17-14/h4-5,8-10H,6-7,11H2,1-3H3. The van der Waals surface area contributed by atoms with Crippen molar-refractivity contribution in [2.45, 2.75) is 32.4 Å². The number of ether oxygens (including phenoxy) is 1. The Labute approximate surface area is 144 Å². The molecule has 23 heavy (non-hydrogen) atoms. The molecule has 0 radical (unpaired) electrons. The lowest BCUT2D eigenvalue weighted by Gasteiger charge is -2.15. The maximum atomic E-state index is 5.80. The summed E-state index contributed by atoms with van der Waals surface area (Å²) in [5.74, 6) is 0.725. The van der Waals surface area contributed by atoms with E-state index in [1.54, 1.807) is 12.7 Å². The number of nitrogens with zero attached hydrogens (tertiary/aromatic N) is 5. The van der Waals surface area contributed by atoms with E-state index in [1.165, 1.54) is 0 Å². The summed E-state index contributed by atoms with van der Waals surface area (Å²) in [7, 11) is -1.07. The van der Waals surface area contributed by atoms with Crippen molar-refractivity contribution in [3.05, 3.63) is 35.5 Å². The summed E-state index contributed by atoms with van der Waals surface area (Å²) in [4.78, 5) is 4.48. The van der Waals surface area contributed by atoms with Gasteiger partial charge in [0.2, 0.25) is 0 Å². The van der Waals surface area contributed by atoms with Gasteiger partial charge in [-0.15, -0.1) is 10.2 Å². The van der Waals surface area contributed by atoms with Crippen LogP contribution in [0, 0.1) is 0 Å². The number of hydrogen-bond acceptors (Lipinski definition) is 4. The molecule has 0 aliphatic heterocycles. The zero-order chi connectivity index (χ0) is 16.4. The molecule has 0 saturated heterocycles. The molecule has 0 aromatic carbocycles. The molecule has 0 aliphatic carbocycles. The zero-order valence-corrected chi connectivity index (χ0v) is 16.1. The van der Waals surface area contributed by atoms with Crippen molar-refractivity contribution in [2.24, 2.45) is 0 Å². The molecule has 8 heteroatoms. The molecular weight excluding hydrogens is 374 g/mol. The smallest absolute Gasteiger partial charge is 0.186 e. The summed E-state index contributed by atoms with van der Waals surface area (Å²) in [6.07, 6.45) is 5.44. The van der Waals surface area contributed by atoms with Crippen LogP contribution in [0.25, 0.3) is 17.0 Å². The molecule has 0 N–H and O–H groups in total. The largest absolute Gasteiger partial charge is 0.361 e. The Morgan fingerprint density at radius 1 is 1.22 bits per heavy atom. The topological polar surface area (TPSA) is 57.2 Å². The minimum absolute atomic E-state index is 0.447. The van der Waals surface area contributed by atoms with E-state index in [0.717, 1.165) is 34.2 Å². The van der Waals surface area contributed by atoms with Crippen LogP contribution in [0.4, 0.5) is 0 Å². The average Bonchev–Trinajstić information content (AvgIpc) is 3.08. The van der Waals surface area contributed by atoms with Gasteiger partial charge in [0.05, 0.1) is 5.52 Å². The van der Waals surface area contributed by atoms with Crippen molar-refractivity contribution in [2.75, 3.05) is 6.61 Å².